The Morgan fingerprint density at radius 1 is 1.00 bits per heavy atom. The Kier molecular flexibility index (Phi) is 3.30. The SMILES string of the molecule is C=C=C1C(=O)CC[C@@]2(C)C1CC[C@@H]1[C@@H]2CC[C@]2(C)C(=O)CC[C@@H]12. The van der Waals surface area contributed by atoms with Crippen molar-refractivity contribution in [3.8, 4) is 0 Å². The molecule has 1 unspecified atom stereocenters. The van der Waals surface area contributed by atoms with Gasteiger partial charge >= 0.3 is 0 Å². The molecule has 0 aliphatic heterocycles. The van der Waals surface area contributed by atoms with Crippen LogP contribution in [0.5, 0.6) is 0 Å². The number of fused-ring (bicyclic) bond motifs is 5. The third kappa shape index (κ3) is 1.88. The number of carbonyl (C=O) groups is 2. The van der Waals surface area contributed by atoms with Crippen LogP contribution in [0.15, 0.2) is 17.9 Å². The van der Waals surface area contributed by atoms with Crippen LogP contribution in [0, 0.1) is 34.5 Å². The largest absolute Gasteiger partial charge is 0.299 e. The van der Waals surface area contributed by atoms with E-state index in [1.165, 1.54) is 6.42 Å². The van der Waals surface area contributed by atoms with Crippen molar-refractivity contribution in [2.45, 2.75) is 65.2 Å². The van der Waals surface area contributed by atoms with Crippen LogP contribution < -0.4 is 0 Å². The minimum absolute atomic E-state index is 0.0496. The van der Waals surface area contributed by atoms with E-state index >= 15 is 0 Å². The van der Waals surface area contributed by atoms with Gasteiger partial charge in [0.15, 0.2) is 5.78 Å². The summed E-state index contributed by atoms with van der Waals surface area (Å²) in [5.74, 6) is 3.07. The van der Waals surface area contributed by atoms with Gasteiger partial charge in [0.05, 0.1) is 0 Å². The third-order valence-corrected chi connectivity index (χ3v) is 8.31. The van der Waals surface area contributed by atoms with E-state index in [0.29, 0.717) is 35.9 Å². The summed E-state index contributed by atoms with van der Waals surface area (Å²) >= 11 is 0. The standard InChI is InChI=1S/C21H28O2/c1-4-13-15-6-5-14-16-7-8-19(23)21(16,3)11-9-17(14)20(15,2)12-10-18(13)22/h14-17H,1,5-12H2,2-3H3/t14-,15?,16-,17-,20-,21-/m0/s1. The van der Waals surface area contributed by atoms with Gasteiger partial charge in [0.25, 0.3) is 0 Å². The molecule has 4 fully saturated rings. The molecule has 23 heavy (non-hydrogen) atoms. The zero-order valence-corrected chi connectivity index (χ0v) is 14.5. The Morgan fingerprint density at radius 3 is 2.52 bits per heavy atom. The summed E-state index contributed by atoms with van der Waals surface area (Å²) in [6, 6.07) is 0. The van der Waals surface area contributed by atoms with Gasteiger partial charge in [-0.1, -0.05) is 20.4 Å². The predicted molar refractivity (Wildman–Crippen MR) is 89.8 cm³/mol. The fourth-order valence-corrected chi connectivity index (χ4v) is 6.99. The lowest BCUT2D eigenvalue weighted by Crippen LogP contribution is -2.54. The Morgan fingerprint density at radius 2 is 1.78 bits per heavy atom. The molecule has 6 atom stereocenters. The number of carbonyl (C=O) groups excluding carboxylic acids is 2. The van der Waals surface area contributed by atoms with E-state index in [9.17, 15) is 9.59 Å². The number of Topliss-reactive ketones (excluding diaryl/α,β-unsaturated/α-hetero) is 2. The molecule has 0 spiro atoms. The van der Waals surface area contributed by atoms with Crippen molar-refractivity contribution in [2.75, 3.05) is 0 Å². The topological polar surface area (TPSA) is 34.1 Å². The highest BCUT2D eigenvalue weighted by molar-refractivity contribution is 5.96. The Labute approximate surface area is 139 Å². The van der Waals surface area contributed by atoms with Gasteiger partial charge in [-0.25, -0.2) is 0 Å². The van der Waals surface area contributed by atoms with Gasteiger partial charge in [-0.05, 0) is 61.7 Å². The highest BCUT2D eigenvalue weighted by atomic mass is 16.1. The van der Waals surface area contributed by atoms with E-state index in [2.05, 4.69) is 26.2 Å². The number of ketones is 2. The first-order valence-electron chi connectivity index (χ1n) is 9.38. The van der Waals surface area contributed by atoms with Crippen LogP contribution in [-0.4, -0.2) is 11.6 Å². The minimum atomic E-state index is -0.0496. The summed E-state index contributed by atoms with van der Waals surface area (Å²) in [7, 11) is 0. The maximum atomic E-state index is 12.4. The fraction of sp³-hybridized carbons (Fsp3) is 0.762. The highest BCUT2D eigenvalue weighted by Gasteiger charge is 2.60. The zero-order chi connectivity index (χ0) is 16.4. The normalized spacial score (nSPS) is 49.2. The lowest BCUT2D eigenvalue weighted by atomic mass is 9.44. The minimum Gasteiger partial charge on any atom is -0.299 e. The molecule has 0 saturated heterocycles. The number of hydrogen-bond donors (Lipinski definition) is 0. The molecule has 4 rings (SSSR count). The molecule has 4 aliphatic rings. The van der Waals surface area contributed by atoms with E-state index < -0.39 is 0 Å². The van der Waals surface area contributed by atoms with E-state index in [0.717, 1.165) is 44.1 Å². The Balaban J connectivity index is 1.70. The average Bonchev–Trinajstić information content (AvgIpc) is 2.83. The monoisotopic (exact) mass is 312 g/mol. The molecule has 0 aromatic carbocycles. The van der Waals surface area contributed by atoms with Crippen molar-refractivity contribution in [3.05, 3.63) is 17.9 Å². The molecule has 4 saturated carbocycles. The van der Waals surface area contributed by atoms with Crippen LogP contribution in [-0.2, 0) is 9.59 Å². The molecule has 0 amide bonds. The van der Waals surface area contributed by atoms with Crippen molar-refractivity contribution in [1.82, 2.24) is 0 Å². The van der Waals surface area contributed by atoms with Gasteiger partial charge in [-0.15, -0.1) is 5.73 Å². The van der Waals surface area contributed by atoms with Crippen LogP contribution in [0.2, 0.25) is 0 Å². The predicted octanol–water partition coefficient (Wildman–Crippen LogP) is 4.49. The summed E-state index contributed by atoms with van der Waals surface area (Å²) in [5, 5.41) is 0. The van der Waals surface area contributed by atoms with Crippen LogP contribution in [0.1, 0.15) is 65.2 Å². The smallest absolute Gasteiger partial charge is 0.166 e. The van der Waals surface area contributed by atoms with Crippen molar-refractivity contribution in [2.24, 2.45) is 34.5 Å². The molecule has 124 valence electrons. The van der Waals surface area contributed by atoms with Gasteiger partial charge in [-0.2, -0.15) is 0 Å². The molecular formula is C21H28O2. The van der Waals surface area contributed by atoms with Crippen molar-refractivity contribution >= 4 is 11.6 Å². The van der Waals surface area contributed by atoms with Gasteiger partial charge in [0, 0.05) is 29.7 Å². The maximum absolute atomic E-state index is 12.4. The van der Waals surface area contributed by atoms with Gasteiger partial charge in [0.2, 0.25) is 0 Å². The van der Waals surface area contributed by atoms with E-state index in [1.54, 1.807) is 0 Å². The maximum Gasteiger partial charge on any atom is 0.166 e. The molecule has 4 aliphatic carbocycles. The molecule has 0 bridgehead atoms. The van der Waals surface area contributed by atoms with Crippen molar-refractivity contribution in [3.63, 3.8) is 0 Å². The first-order valence-corrected chi connectivity index (χ1v) is 9.38. The summed E-state index contributed by atoms with van der Waals surface area (Å²) in [6.45, 7) is 8.46. The Bertz CT molecular complexity index is 626. The molecule has 0 heterocycles. The van der Waals surface area contributed by atoms with Crippen LogP contribution in [0.3, 0.4) is 0 Å². The molecular weight excluding hydrogens is 284 g/mol. The van der Waals surface area contributed by atoms with Gasteiger partial charge < -0.3 is 0 Å². The molecule has 0 radical (unpaired) electrons. The van der Waals surface area contributed by atoms with E-state index in [1.807, 2.05) is 0 Å². The Hall–Kier alpha value is -1.14. The molecule has 2 heteroatoms. The molecule has 0 aromatic rings. The first-order chi connectivity index (χ1) is 10.9. The summed E-state index contributed by atoms with van der Waals surface area (Å²) < 4.78 is 0. The number of hydrogen-bond acceptors (Lipinski definition) is 2. The van der Waals surface area contributed by atoms with E-state index in [-0.39, 0.29) is 16.6 Å². The highest BCUT2D eigenvalue weighted by Crippen LogP contribution is 2.65. The molecule has 0 N–H and O–H groups in total. The van der Waals surface area contributed by atoms with Crippen molar-refractivity contribution < 1.29 is 9.59 Å². The summed E-state index contributed by atoms with van der Waals surface area (Å²) in [6.07, 6.45) is 8.05. The first kappa shape index (κ1) is 15.4. The third-order valence-electron chi connectivity index (χ3n) is 8.31. The van der Waals surface area contributed by atoms with Gasteiger partial charge in [0.1, 0.15) is 5.78 Å². The number of allylic oxidation sites excluding steroid dienone is 1. The lowest BCUT2D eigenvalue weighted by Gasteiger charge is -2.59. The van der Waals surface area contributed by atoms with Crippen LogP contribution >= 0.6 is 0 Å². The number of rotatable bonds is 0. The second-order valence-corrected chi connectivity index (χ2v) is 8.94. The lowest BCUT2D eigenvalue weighted by molar-refractivity contribution is -0.138. The second-order valence-electron chi connectivity index (χ2n) is 8.94. The van der Waals surface area contributed by atoms with Crippen LogP contribution in [0.4, 0.5) is 0 Å². The molecule has 2 nitrogen and oxygen atoms in total. The summed E-state index contributed by atoms with van der Waals surface area (Å²) in [4.78, 5) is 24.7. The zero-order valence-electron chi connectivity index (χ0n) is 14.5. The van der Waals surface area contributed by atoms with E-state index in [4.69, 9.17) is 0 Å². The fourth-order valence-electron chi connectivity index (χ4n) is 6.99. The van der Waals surface area contributed by atoms with Crippen molar-refractivity contribution in [1.29, 1.82) is 0 Å². The van der Waals surface area contributed by atoms with Gasteiger partial charge in [-0.3, -0.25) is 9.59 Å². The summed E-state index contributed by atoms with van der Waals surface area (Å²) in [5.41, 5.74) is 4.04. The average molecular weight is 312 g/mol. The van der Waals surface area contributed by atoms with Crippen LogP contribution in [0.25, 0.3) is 0 Å². The molecule has 0 aromatic heterocycles. The quantitative estimate of drug-likeness (QED) is 0.488. The second kappa shape index (κ2) is 4.93.